The molecule has 4 aromatic rings. The molecule has 2 aromatic carbocycles. The lowest BCUT2D eigenvalue weighted by molar-refractivity contribution is 0.373. The van der Waals surface area contributed by atoms with Crippen LogP contribution in [0.1, 0.15) is 22.5 Å². The minimum atomic E-state index is -0.0850. The summed E-state index contributed by atoms with van der Waals surface area (Å²) in [6, 6.07) is 12.8. The van der Waals surface area contributed by atoms with E-state index < -0.39 is 0 Å². The van der Waals surface area contributed by atoms with Gasteiger partial charge in [-0.25, -0.2) is 10.1 Å². The quantitative estimate of drug-likeness (QED) is 0.261. The van der Waals surface area contributed by atoms with Crippen molar-refractivity contribution in [3.05, 3.63) is 70.0 Å². The average Bonchev–Trinajstić information content (AvgIpc) is 3.15. The molecule has 0 aliphatic rings. The minimum Gasteiger partial charge on any atom is -0.504 e. The summed E-state index contributed by atoms with van der Waals surface area (Å²) in [5.41, 5.74) is 6.81. The molecule has 2 heterocycles. The molecule has 0 radical (unpaired) electrons. The lowest BCUT2D eigenvalue weighted by Gasteiger charge is -2.10. The molecule has 2 aromatic heterocycles. The first kappa shape index (κ1) is 23.0. The van der Waals surface area contributed by atoms with Gasteiger partial charge in [0.2, 0.25) is 11.9 Å². The molecule has 3 N–H and O–H groups in total. The maximum atomic E-state index is 10.3. The number of phenols is 1. The number of nitrogens with one attached hydrogen (secondary N) is 2. The highest BCUT2D eigenvalue weighted by molar-refractivity contribution is 6.31. The zero-order valence-electron chi connectivity index (χ0n) is 19.0. The Hall–Kier alpha value is -4.18. The summed E-state index contributed by atoms with van der Waals surface area (Å²) < 4.78 is 6.75. The van der Waals surface area contributed by atoms with Gasteiger partial charge in [-0.3, -0.25) is 0 Å². The van der Waals surface area contributed by atoms with Crippen molar-refractivity contribution in [2.24, 2.45) is 5.10 Å². The predicted octanol–water partition coefficient (Wildman–Crippen LogP) is 4.54. The Morgan fingerprint density at radius 2 is 1.76 bits per heavy atom. The van der Waals surface area contributed by atoms with Crippen molar-refractivity contribution in [3.8, 4) is 17.4 Å². The highest BCUT2D eigenvalue weighted by Crippen LogP contribution is 2.32. The first-order valence-electron chi connectivity index (χ1n) is 10.3. The van der Waals surface area contributed by atoms with Crippen molar-refractivity contribution in [2.45, 2.75) is 20.8 Å². The van der Waals surface area contributed by atoms with Crippen LogP contribution in [-0.4, -0.2) is 43.2 Å². The van der Waals surface area contributed by atoms with Gasteiger partial charge in [-0.1, -0.05) is 29.3 Å². The number of aromatic nitrogens is 5. The van der Waals surface area contributed by atoms with E-state index in [0.717, 1.165) is 22.6 Å². The SMILES string of the molecule is COc1cc(Cl)cc(/C=N\Nc2nc(Nc3ccc(C)cc3)nc(-n3nc(C)cc3C)n2)c1O. The summed E-state index contributed by atoms with van der Waals surface area (Å²) >= 11 is 6.09. The van der Waals surface area contributed by atoms with E-state index in [1.807, 2.05) is 51.1 Å². The molecule has 0 unspecified atom stereocenters. The Kier molecular flexibility index (Phi) is 6.60. The van der Waals surface area contributed by atoms with E-state index in [9.17, 15) is 5.11 Å². The highest BCUT2D eigenvalue weighted by atomic mass is 35.5. The van der Waals surface area contributed by atoms with E-state index in [1.54, 1.807) is 10.7 Å². The number of benzene rings is 2. The Bertz CT molecular complexity index is 1350. The summed E-state index contributed by atoms with van der Waals surface area (Å²) in [6.45, 7) is 5.82. The van der Waals surface area contributed by atoms with E-state index in [4.69, 9.17) is 16.3 Å². The van der Waals surface area contributed by atoms with Crippen molar-refractivity contribution in [1.29, 1.82) is 0 Å². The van der Waals surface area contributed by atoms with Gasteiger partial charge in [-0.2, -0.15) is 25.2 Å². The van der Waals surface area contributed by atoms with E-state index in [0.29, 0.717) is 22.5 Å². The predicted molar refractivity (Wildman–Crippen MR) is 132 cm³/mol. The highest BCUT2D eigenvalue weighted by Gasteiger charge is 2.13. The molecule has 0 atom stereocenters. The second-order valence-corrected chi connectivity index (χ2v) is 7.96. The number of aromatic hydroxyl groups is 1. The zero-order chi connectivity index (χ0) is 24.2. The molecule has 0 amide bonds. The van der Waals surface area contributed by atoms with Crippen molar-refractivity contribution in [1.82, 2.24) is 24.7 Å². The van der Waals surface area contributed by atoms with Gasteiger partial charge in [-0.05, 0) is 45.0 Å². The van der Waals surface area contributed by atoms with Crippen LogP contribution < -0.4 is 15.5 Å². The second-order valence-electron chi connectivity index (χ2n) is 7.53. The molecule has 10 nitrogen and oxygen atoms in total. The van der Waals surface area contributed by atoms with Crippen molar-refractivity contribution in [3.63, 3.8) is 0 Å². The first-order valence-corrected chi connectivity index (χ1v) is 10.7. The summed E-state index contributed by atoms with van der Waals surface area (Å²) in [6.07, 6.45) is 1.39. The number of aryl methyl sites for hydroxylation is 3. The molecule has 0 bridgehead atoms. The Labute approximate surface area is 201 Å². The van der Waals surface area contributed by atoms with Gasteiger partial charge in [0.15, 0.2) is 11.5 Å². The number of nitrogens with zero attached hydrogens (tertiary/aromatic N) is 6. The number of hydrogen-bond acceptors (Lipinski definition) is 9. The monoisotopic (exact) mass is 478 g/mol. The van der Waals surface area contributed by atoms with Crippen molar-refractivity contribution < 1.29 is 9.84 Å². The summed E-state index contributed by atoms with van der Waals surface area (Å²) in [7, 11) is 1.44. The normalized spacial score (nSPS) is 11.1. The van der Waals surface area contributed by atoms with Crippen LogP contribution >= 0.6 is 11.6 Å². The molecule has 4 rings (SSSR count). The lowest BCUT2D eigenvalue weighted by atomic mass is 10.2. The molecule has 0 aliphatic carbocycles. The van der Waals surface area contributed by atoms with Crippen LogP contribution in [0.2, 0.25) is 5.02 Å². The maximum Gasteiger partial charge on any atom is 0.257 e. The average molecular weight is 479 g/mol. The molecular formula is C23H23ClN8O2. The van der Waals surface area contributed by atoms with Crippen LogP contribution in [0.25, 0.3) is 5.95 Å². The molecule has 174 valence electrons. The molecule has 0 fully saturated rings. The summed E-state index contributed by atoms with van der Waals surface area (Å²) in [5, 5.41) is 22.5. The molecule has 34 heavy (non-hydrogen) atoms. The molecule has 0 aliphatic heterocycles. The van der Waals surface area contributed by atoms with Gasteiger partial charge < -0.3 is 15.2 Å². The van der Waals surface area contributed by atoms with Crippen LogP contribution in [0.5, 0.6) is 11.5 Å². The van der Waals surface area contributed by atoms with E-state index in [2.05, 4.69) is 35.9 Å². The van der Waals surface area contributed by atoms with Crippen molar-refractivity contribution in [2.75, 3.05) is 17.9 Å². The maximum absolute atomic E-state index is 10.3. The third kappa shape index (κ3) is 5.24. The third-order valence-electron chi connectivity index (χ3n) is 4.79. The zero-order valence-corrected chi connectivity index (χ0v) is 19.8. The van der Waals surface area contributed by atoms with Gasteiger partial charge in [0.1, 0.15) is 0 Å². The Morgan fingerprint density at radius 3 is 2.44 bits per heavy atom. The molecular weight excluding hydrogens is 456 g/mol. The van der Waals surface area contributed by atoms with Gasteiger partial charge in [0.25, 0.3) is 5.95 Å². The van der Waals surface area contributed by atoms with E-state index in [-0.39, 0.29) is 17.4 Å². The molecule has 0 spiro atoms. The number of phenolic OH excluding ortho intramolecular Hbond substituents is 1. The van der Waals surface area contributed by atoms with Gasteiger partial charge >= 0.3 is 0 Å². The van der Waals surface area contributed by atoms with Crippen LogP contribution in [0.4, 0.5) is 17.6 Å². The number of anilines is 3. The minimum absolute atomic E-state index is 0.0850. The number of ether oxygens (including phenoxy) is 1. The van der Waals surface area contributed by atoms with Crippen LogP contribution in [-0.2, 0) is 0 Å². The smallest absolute Gasteiger partial charge is 0.257 e. The third-order valence-corrected chi connectivity index (χ3v) is 5.01. The number of methoxy groups -OCH3 is 1. The largest absolute Gasteiger partial charge is 0.504 e. The second kappa shape index (κ2) is 9.75. The topological polar surface area (TPSA) is 122 Å². The molecule has 0 saturated carbocycles. The first-order chi connectivity index (χ1) is 16.3. The molecule has 0 saturated heterocycles. The number of rotatable bonds is 7. The van der Waals surface area contributed by atoms with Gasteiger partial charge in [-0.15, -0.1) is 0 Å². The summed E-state index contributed by atoms with van der Waals surface area (Å²) in [5.74, 6) is 0.965. The van der Waals surface area contributed by atoms with Gasteiger partial charge in [0.05, 0.1) is 19.0 Å². The van der Waals surface area contributed by atoms with E-state index in [1.165, 1.54) is 19.4 Å². The lowest BCUT2D eigenvalue weighted by Crippen LogP contribution is -2.11. The van der Waals surface area contributed by atoms with E-state index >= 15 is 0 Å². The number of hydrogen-bond donors (Lipinski definition) is 3. The fraction of sp³-hybridized carbons (Fsp3) is 0.174. The number of halogens is 1. The van der Waals surface area contributed by atoms with Crippen LogP contribution in [0.3, 0.4) is 0 Å². The fourth-order valence-electron chi connectivity index (χ4n) is 3.17. The number of hydrazone groups is 1. The fourth-order valence-corrected chi connectivity index (χ4v) is 3.39. The van der Waals surface area contributed by atoms with Crippen LogP contribution in [0, 0.1) is 20.8 Å². The Morgan fingerprint density at radius 1 is 1.03 bits per heavy atom. The summed E-state index contributed by atoms with van der Waals surface area (Å²) in [4.78, 5) is 13.4. The Balaban J connectivity index is 1.66. The molecule has 11 heteroatoms. The van der Waals surface area contributed by atoms with Crippen LogP contribution in [0.15, 0.2) is 47.6 Å². The standard InChI is InChI=1S/C23H23ClN8O2/c1-13-5-7-18(8-6-13)26-21-27-22(29-23(28-21)32-15(3)9-14(2)31-32)30-25-12-16-10-17(24)11-19(34-4)20(16)33/h5-12,33H,1-4H3,(H2,26,27,28,29,30)/b25-12-. The van der Waals surface area contributed by atoms with Crippen molar-refractivity contribution >= 4 is 35.4 Å². The van der Waals surface area contributed by atoms with Gasteiger partial charge in [0, 0.05) is 28.0 Å².